The van der Waals surface area contributed by atoms with Crippen molar-refractivity contribution in [2.75, 3.05) is 32.6 Å². The van der Waals surface area contributed by atoms with Crippen LogP contribution >= 0.6 is 0 Å². The average molecular weight is 559 g/mol. The van der Waals surface area contributed by atoms with Gasteiger partial charge in [-0.1, -0.05) is 24.2 Å². The van der Waals surface area contributed by atoms with Gasteiger partial charge in [0.25, 0.3) is 0 Å². The number of aryl methyl sites for hydroxylation is 2. The highest BCUT2D eigenvalue weighted by atomic mass is 19.1. The summed E-state index contributed by atoms with van der Waals surface area (Å²) in [5, 5.41) is 11.8. The van der Waals surface area contributed by atoms with Gasteiger partial charge in [0.05, 0.1) is 0 Å². The van der Waals surface area contributed by atoms with Gasteiger partial charge in [-0.05, 0) is 68.5 Å². The molecule has 212 valence electrons. The molecular formula is C29H31FN8O3. The summed E-state index contributed by atoms with van der Waals surface area (Å²) in [5.41, 5.74) is 2.07. The minimum absolute atomic E-state index is 0.141. The minimum atomic E-state index is -0.867. The van der Waals surface area contributed by atoms with Crippen molar-refractivity contribution in [3.8, 4) is 23.0 Å². The predicted octanol–water partition coefficient (Wildman–Crippen LogP) is 4.16. The van der Waals surface area contributed by atoms with Crippen molar-refractivity contribution in [1.29, 1.82) is 0 Å². The highest BCUT2D eigenvalue weighted by molar-refractivity contribution is 5.60. The summed E-state index contributed by atoms with van der Waals surface area (Å²) in [7, 11) is 3.85. The van der Waals surface area contributed by atoms with E-state index in [0.29, 0.717) is 42.8 Å². The van der Waals surface area contributed by atoms with Gasteiger partial charge in [-0.3, -0.25) is 4.98 Å². The van der Waals surface area contributed by atoms with Gasteiger partial charge in [-0.15, -0.1) is 5.10 Å². The largest absolute Gasteiger partial charge is 0.489 e. The van der Waals surface area contributed by atoms with Crippen LogP contribution in [-0.2, 0) is 6.42 Å². The first-order chi connectivity index (χ1) is 19.8. The molecular weight excluding hydrogens is 527 g/mol. The highest BCUT2D eigenvalue weighted by Crippen LogP contribution is 2.33. The zero-order chi connectivity index (χ0) is 28.9. The average Bonchev–Trinajstić information content (AvgIpc) is 3.58. The number of benzene rings is 2. The Morgan fingerprint density at radius 2 is 1.98 bits per heavy atom. The first-order valence-electron chi connectivity index (χ1n) is 13.2. The second-order valence-electron chi connectivity index (χ2n) is 9.71. The first-order valence-corrected chi connectivity index (χ1v) is 13.2. The number of nitrogens with one attached hydrogen (secondary N) is 2. The van der Waals surface area contributed by atoms with Gasteiger partial charge >= 0.3 is 5.69 Å². The fourth-order valence-electron chi connectivity index (χ4n) is 4.23. The summed E-state index contributed by atoms with van der Waals surface area (Å²) in [4.78, 5) is 26.2. The Morgan fingerprint density at radius 1 is 1.17 bits per heavy atom. The van der Waals surface area contributed by atoms with Crippen LogP contribution in [0, 0.1) is 12.7 Å². The van der Waals surface area contributed by atoms with E-state index in [1.165, 1.54) is 0 Å². The molecule has 5 aromatic rings. The van der Waals surface area contributed by atoms with Crippen molar-refractivity contribution in [2.45, 2.75) is 26.3 Å². The summed E-state index contributed by atoms with van der Waals surface area (Å²) >= 11 is 0. The monoisotopic (exact) mass is 558 g/mol. The standard InChI is InChI=1S/C29H31FN8O3/c1-5-19-16-22(25(30)23(17-19)40-15-14-37(3)4)26(28-34-29(39)38(35-28)24-8-6-7-13-31-24)33-21-11-9-20(10-12-21)27-32-18(2)41-36-27/h6-13,16-17,26,33H,5,14-15H2,1-4H3,(H,34,35,39). The fourth-order valence-corrected chi connectivity index (χ4v) is 4.23. The van der Waals surface area contributed by atoms with E-state index in [1.54, 1.807) is 43.5 Å². The SMILES string of the molecule is CCc1cc(OCCN(C)C)c(F)c(C(Nc2ccc(-c3noc(C)n3)cc2)c2nn(-c3ccccn3)c(=O)[nH]2)c1. The molecule has 0 spiro atoms. The van der Waals surface area contributed by atoms with Gasteiger partial charge in [0, 0.05) is 36.5 Å². The third-order valence-electron chi connectivity index (χ3n) is 6.40. The molecule has 0 radical (unpaired) electrons. The quantitative estimate of drug-likeness (QED) is 0.246. The lowest BCUT2D eigenvalue weighted by molar-refractivity contribution is 0.251. The van der Waals surface area contributed by atoms with Gasteiger partial charge in [0.15, 0.2) is 23.2 Å². The molecule has 0 amide bonds. The van der Waals surface area contributed by atoms with Crippen LogP contribution in [0.5, 0.6) is 5.75 Å². The molecule has 0 fully saturated rings. The number of nitrogens with zero attached hydrogens (tertiary/aromatic N) is 6. The van der Waals surface area contributed by atoms with Crippen molar-refractivity contribution in [1.82, 2.24) is 34.8 Å². The van der Waals surface area contributed by atoms with Crippen LogP contribution in [0.25, 0.3) is 17.2 Å². The smallest absolute Gasteiger partial charge is 0.349 e. The maximum Gasteiger partial charge on any atom is 0.349 e. The number of anilines is 1. The van der Waals surface area contributed by atoms with Crippen molar-refractivity contribution in [3.63, 3.8) is 0 Å². The van der Waals surface area contributed by atoms with Crippen molar-refractivity contribution in [3.05, 3.63) is 99.9 Å². The first kappa shape index (κ1) is 27.7. The lowest BCUT2D eigenvalue weighted by Gasteiger charge is -2.21. The Labute approximate surface area is 236 Å². The molecule has 1 unspecified atom stereocenters. The van der Waals surface area contributed by atoms with Crippen LogP contribution in [0.2, 0.25) is 0 Å². The topological polar surface area (TPSA) is 127 Å². The molecule has 11 nitrogen and oxygen atoms in total. The van der Waals surface area contributed by atoms with Crippen LogP contribution in [-0.4, -0.2) is 62.0 Å². The molecule has 0 aliphatic rings. The lowest BCUT2D eigenvalue weighted by atomic mass is 10.00. The Bertz CT molecular complexity index is 1660. The maximum absolute atomic E-state index is 16.1. The van der Waals surface area contributed by atoms with E-state index >= 15 is 4.39 Å². The summed E-state index contributed by atoms with van der Waals surface area (Å²) in [5.74, 6) is 1.08. The van der Waals surface area contributed by atoms with Gasteiger partial charge < -0.3 is 19.5 Å². The van der Waals surface area contributed by atoms with E-state index in [9.17, 15) is 4.79 Å². The predicted molar refractivity (Wildman–Crippen MR) is 152 cm³/mol. The number of rotatable bonds is 11. The number of ether oxygens (including phenoxy) is 1. The van der Waals surface area contributed by atoms with Gasteiger partial charge in [0.2, 0.25) is 11.7 Å². The molecule has 0 saturated carbocycles. The number of aromatic nitrogens is 6. The number of pyridine rings is 1. The van der Waals surface area contributed by atoms with Crippen molar-refractivity contribution < 1.29 is 13.7 Å². The van der Waals surface area contributed by atoms with Crippen molar-refractivity contribution in [2.24, 2.45) is 0 Å². The van der Waals surface area contributed by atoms with Crippen LogP contribution < -0.4 is 15.7 Å². The van der Waals surface area contributed by atoms with E-state index in [2.05, 4.69) is 30.5 Å². The van der Waals surface area contributed by atoms with E-state index in [4.69, 9.17) is 9.26 Å². The molecule has 1 atom stereocenters. The molecule has 0 saturated heterocycles. The van der Waals surface area contributed by atoms with Gasteiger partial charge in [0.1, 0.15) is 12.6 Å². The second kappa shape index (κ2) is 12.1. The Morgan fingerprint density at radius 3 is 2.63 bits per heavy atom. The molecule has 0 bridgehead atoms. The molecule has 41 heavy (non-hydrogen) atoms. The molecule has 0 aliphatic carbocycles. The van der Waals surface area contributed by atoms with E-state index < -0.39 is 17.5 Å². The molecule has 0 aliphatic heterocycles. The molecule has 2 aromatic carbocycles. The minimum Gasteiger partial charge on any atom is -0.489 e. The summed E-state index contributed by atoms with van der Waals surface area (Å²) in [6.45, 7) is 4.65. The fraction of sp³-hybridized carbons (Fsp3) is 0.276. The number of hydrogen-bond donors (Lipinski definition) is 2. The van der Waals surface area contributed by atoms with E-state index in [-0.39, 0.29) is 17.1 Å². The summed E-state index contributed by atoms with van der Waals surface area (Å²) in [6, 6.07) is 15.1. The normalized spacial score (nSPS) is 12.0. The van der Waals surface area contributed by atoms with Gasteiger partial charge in [-0.2, -0.15) is 9.67 Å². The van der Waals surface area contributed by atoms with Crippen LogP contribution in [0.3, 0.4) is 0 Å². The Hall–Kier alpha value is -4.84. The van der Waals surface area contributed by atoms with Crippen LogP contribution in [0.4, 0.5) is 10.1 Å². The van der Waals surface area contributed by atoms with Gasteiger partial charge in [-0.25, -0.2) is 14.2 Å². The second-order valence-corrected chi connectivity index (χ2v) is 9.71. The third kappa shape index (κ3) is 6.33. The van der Waals surface area contributed by atoms with E-state index in [0.717, 1.165) is 15.8 Å². The lowest BCUT2D eigenvalue weighted by Crippen LogP contribution is -2.21. The molecule has 12 heteroatoms. The van der Waals surface area contributed by atoms with Crippen LogP contribution in [0.1, 0.15) is 35.8 Å². The Kier molecular flexibility index (Phi) is 8.20. The number of likely N-dealkylation sites (N-methyl/N-ethyl adjacent to an activating group) is 1. The van der Waals surface area contributed by atoms with Crippen molar-refractivity contribution >= 4 is 5.69 Å². The summed E-state index contributed by atoms with van der Waals surface area (Å²) in [6.07, 6.45) is 2.22. The molecule has 2 N–H and O–H groups in total. The zero-order valence-corrected chi connectivity index (χ0v) is 23.3. The number of aromatic amines is 1. The number of halogens is 1. The zero-order valence-electron chi connectivity index (χ0n) is 23.3. The number of H-pyrrole nitrogens is 1. The molecule has 5 rings (SSSR count). The summed E-state index contributed by atoms with van der Waals surface area (Å²) < 4.78 is 28.2. The third-order valence-corrected chi connectivity index (χ3v) is 6.40. The van der Waals surface area contributed by atoms with E-state index in [1.807, 2.05) is 50.2 Å². The molecule has 3 heterocycles. The highest BCUT2D eigenvalue weighted by Gasteiger charge is 2.26. The number of hydrogen-bond acceptors (Lipinski definition) is 9. The molecule has 3 aromatic heterocycles. The Balaban J connectivity index is 1.56. The van der Waals surface area contributed by atoms with Crippen LogP contribution in [0.15, 0.2) is 70.1 Å². The maximum atomic E-state index is 16.1.